The first-order valence-electron chi connectivity index (χ1n) is 5.43. The van der Waals surface area contributed by atoms with Crippen molar-refractivity contribution in [1.82, 2.24) is 0 Å². The van der Waals surface area contributed by atoms with Gasteiger partial charge in [-0.3, -0.25) is 0 Å². The molecule has 4 heteroatoms. The summed E-state index contributed by atoms with van der Waals surface area (Å²) in [5.41, 5.74) is 0.348. The summed E-state index contributed by atoms with van der Waals surface area (Å²) in [5.74, 6) is 0. The Morgan fingerprint density at radius 3 is 2.20 bits per heavy atom. The number of alkyl halides is 2. The van der Waals surface area contributed by atoms with E-state index in [1.54, 1.807) is 7.11 Å². The Kier molecular flexibility index (Phi) is 10.7. The van der Waals surface area contributed by atoms with E-state index in [2.05, 4.69) is 38.8 Å². The number of ether oxygens (including phenoxy) is 2. The van der Waals surface area contributed by atoms with Gasteiger partial charge in [0, 0.05) is 37.6 Å². The van der Waals surface area contributed by atoms with E-state index in [1.165, 1.54) is 6.42 Å². The smallest absolute Gasteiger partial charge is 0.0487 e. The lowest BCUT2D eigenvalue weighted by Crippen LogP contribution is -2.25. The second-order valence-electron chi connectivity index (χ2n) is 3.83. The predicted molar refractivity (Wildman–Crippen MR) is 72.2 cm³/mol. The Labute approximate surface area is 110 Å². The molecule has 0 fully saturated rings. The molecule has 0 aromatic rings. The Balaban J connectivity index is 3.54. The van der Waals surface area contributed by atoms with E-state index in [0.717, 1.165) is 43.3 Å². The van der Waals surface area contributed by atoms with Crippen LogP contribution >= 0.6 is 31.9 Å². The topological polar surface area (TPSA) is 18.5 Å². The minimum Gasteiger partial charge on any atom is -0.385 e. The van der Waals surface area contributed by atoms with Gasteiger partial charge in [0.1, 0.15) is 0 Å². The molecule has 0 aliphatic rings. The van der Waals surface area contributed by atoms with Gasteiger partial charge >= 0.3 is 0 Å². The molecule has 2 nitrogen and oxygen atoms in total. The number of halogens is 2. The zero-order chi connectivity index (χ0) is 11.6. The molecule has 0 unspecified atom stereocenters. The SMILES string of the molecule is CCC(CBr)(CBr)CCOCCCOC. The standard InChI is InChI=1S/C11H22Br2O2/c1-3-11(9-12,10-13)5-8-15-7-4-6-14-2/h3-10H2,1-2H3. The van der Waals surface area contributed by atoms with Gasteiger partial charge < -0.3 is 9.47 Å². The van der Waals surface area contributed by atoms with Gasteiger partial charge in [0.05, 0.1) is 0 Å². The average molecular weight is 346 g/mol. The number of hydrogen-bond donors (Lipinski definition) is 0. The highest BCUT2D eigenvalue weighted by molar-refractivity contribution is 9.09. The van der Waals surface area contributed by atoms with E-state index in [4.69, 9.17) is 9.47 Å². The molecule has 0 aromatic carbocycles. The van der Waals surface area contributed by atoms with Gasteiger partial charge in [0.2, 0.25) is 0 Å². The molecule has 0 aliphatic heterocycles. The monoisotopic (exact) mass is 344 g/mol. The average Bonchev–Trinajstić information content (AvgIpc) is 2.29. The van der Waals surface area contributed by atoms with E-state index in [1.807, 2.05) is 0 Å². The molecular weight excluding hydrogens is 324 g/mol. The summed E-state index contributed by atoms with van der Waals surface area (Å²) in [6.07, 6.45) is 3.26. The Morgan fingerprint density at radius 1 is 1.07 bits per heavy atom. The van der Waals surface area contributed by atoms with E-state index < -0.39 is 0 Å². The Hall–Kier alpha value is 0.880. The highest BCUT2D eigenvalue weighted by atomic mass is 79.9. The van der Waals surface area contributed by atoms with Crippen molar-refractivity contribution in [2.24, 2.45) is 5.41 Å². The van der Waals surface area contributed by atoms with Crippen LogP contribution in [0.3, 0.4) is 0 Å². The fourth-order valence-electron chi connectivity index (χ4n) is 1.23. The highest BCUT2D eigenvalue weighted by Crippen LogP contribution is 2.31. The van der Waals surface area contributed by atoms with Gasteiger partial charge in [-0.15, -0.1) is 0 Å². The van der Waals surface area contributed by atoms with Crippen LogP contribution < -0.4 is 0 Å². The lowest BCUT2D eigenvalue weighted by molar-refractivity contribution is 0.0843. The third-order valence-corrected chi connectivity index (χ3v) is 5.11. The maximum Gasteiger partial charge on any atom is 0.0487 e. The summed E-state index contributed by atoms with van der Waals surface area (Å²) in [6.45, 7) is 4.66. The molecule has 92 valence electrons. The minimum atomic E-state index is 0.348. The second kappa shape index (κ2) is 10.1. The molecule has 0 bridgehead atoms. The summed E-state index contributed by atoms with van der Waals surface area (Å²) in [6, 6.07) is 0. The maximum atomic E-state index is 5.58. The molecule has 0 N–H and O–H groups in total. The van der Waals surface area contributed by atoms with Gasteiger partial charge in [-0.1, -0.05) is 38.8 Å². The Morgan fingerprint density at radius 2 is 1.73 bits per heavy atom. The van der Waals surface area contributed by atoms with Crippen LogP contribution in [0.4, 0.5) is 0 Å². The maximum absolute atomic E-state index is 5.58. The summed E-state index contributed by atoms with van der Waals surface area (Å²) in [5, 5.41) is 2.06. The first kappa shape index (κ1) is 15.9. The fourth-order valence-corrected chi connectivity index (χ4v) is 3.51. The molecule has 0 amide bonds. The third kappa shape index (κ3) is 6.93. The van der Waals surface area contributed by atoms with Gasteiger partial charge in [-0.2, -0.15) is 0 Å². The Bertz CT molecular complexity index is 130. The molecule has 0 saturated heterocycles. The van der Waals surface area contributed by atoms with Gasteiger partial charge in [0.15, 0.2) is 0 Å². The highest BCUT2D eigenvalue weighted by Gasteiger charge is 2.25. The van der Waals surface area contributed by atoms with Crippen LogP contribution in [0.1, 0.15) is 26.2 Å². The van der Waals surface area contributed by atoms with Crippen LogP contribution in [0.25, 0.3) is 0 Å². The zero-order valence-electron chi connectivity index (χ0n) is 9.73. The van der Waals surface area contributed by atoms with E-state index >= 15 is 0 Å². The van der Waals surface area contributed by atoms with Crippen molar-refractivity contribution >= 4 is 31.9 Å². The van der Waals surface area contributed by atoms with Crippen LogP contribution in [0.15, 0.2) is 0 Å². The van der Waals surface area contributed by atoms with Gasteiger partial charge in [-0.25, -0.2) is 0 Å². The molecule has 0 rings (SSSR count). The summed E-state index contributed by atoms with van der Waals surface area (Å²) < 4.78 is 10.5. The van der Waals surface area contributed by atoms with Crippen LogP contribution in [-0.4, -0.2) is 37.6 Å². The van der Waals surface area contributed by atoms with Crippen molar-refractivity contribution in [3.05, 3.63) is 0 Å². The van der Waals surface area contributed by atoms with E-state index in [0.29, 0.717) is 5.41 Å². The lowest BCUT2D eigenvalue weighted by Gasteiger charge is -2.28. The van der Waals surface area contributed by atoms with Crippen molar-refractivity contribution < 1.29 is 9.47 Å². The molecule has 0 heterocycles. The molecule has 15 heavy (non-hydrogen) atoms. The summed E-state index contributed by atoms with van der Waals surface area (Å²) in [4.78, 5) is 0. The molecule has 0 saturated carbocycles. The fraction of sp³-hybridized carbons (Fsp3) is 1.00. The van der Waals surface area contributed by atoms with Crippen molar-refractivity contribution in [3.8, 4) is 0 Å². The quantitative estimate of drug-likeness (QED) is 0.444. The minimum absolute atomic E-state index is 0.348. The molecule has 0 aliphatic carbocycles. The van der Waals surface area contributed by atoms with Crippen LogP contribution in [-0.2, 0) is 9.47 Å². The van der Waals surface area contributed by atoms with Crippen molar-refractivity contribution in [2.75, 3.05) is 37.6 Å². The van der Waals surface area contributed by atoms with Crippen LogP contribution in [0.2, 0.25) is 0 Å². The number of rotatable bonds is 10. The summed E-state index contributed by atoms with van der Waals surface area (Å²) >= 11 is 7.16. The number of methoxy groups -OCH3 is 1. The predicted octanol–water partition coefficient (Wildman–Crippen LogP) is 3.62. The van der Waals surface area contributed by atoms with Crippen molar-refractivity contribution in [1.29, 1.82) is 0 Å². The molecule has 0 radical (unpaired) electrons. The van der Waals surface area contributed by atoms with Crippen molar-refractivity contribution in [2.45, 2.75) is 26.2 Å². The van der Waals surface area contributed by atoms with E-state index in [9.17, 15) is 0 Å². The normalized spacial score (nSPS) is 12.0. The molecule has 0 spiro atoms. The van der Waals surface area contributed by atoms with Gasteiger partial charge in [0.25, 0.3) is 0 Å². The zero-order valence-corrected chi connectivity index (χ0v) is 12.9. The van der Waals surface area contributed by atoms with Crippen LogP contribution in [0, 0.1) is 5.41 Å². The molecule has 0 atom stereocenters. The van der Waals surface area contributed by atoms with E-state index in [-0.39, 0.29) is 0 Å². The van der Waals surface area contributed by atoms with Crippen LogP contribution in [0.5, 0.6) is 0 Å². The molecular formula is C11H22Br2O2. The third-order valence-electron chi connectivity index (χ3n) is 2.73. The second-order valence-corrected chi connectivity index (χ2v) is 4.95. The summed E-state index contributed by atoms with van der Waals surface area (Å²) in [7, 11) is 1.72. The first-order chi connectivity index (χ1) is 7.24. The number of hydrogen-bond acceptors (Lipinski definition) is 2. The van der Waals surface area contributed by atoms with Crippen molar-refractivity contribution in [3.63, 3.8) is 0 Å². The van der Waals surface area contributed by atoms with Gasteiger partial charge in [-0.05, 0) is 24.7 Å². The molecule has 0 aromatic heterocycles. The first-order valence-corrected chi connectivity index (χ1v) is 7.67. The lowest BCUT2D eigenvalue weighted by atomic mass is 9.87. The largest absolute Gasteiger partial charge is 0.385 e.